The molecule has 210 valence electrons. The van der Waals surface area contributed by atoms with Gasteiger partial charge in [0, 0.05) is 12.0 Å². The first-order valence-corrected chi connectivity index (χ1v) is 14.4. The number of carboxylic acids is 1. The van der Waals surface area contributed by atoms with E-state index >= 15 is 0 Å². The molecule has 5 rings (SSSR count). The average molecular weight is 595 g/mol. The van der Waals surface area contributed by atoms with Gasteiger partial charge in [0.05, 0.1) is 27.7 Å². The number of nitrogens with zero attached hydrogens (tertiary/aromatic N) is 1. The van der Waals surface area contributed by atoms with Gasteiger partial charge in [-0.15, -0.1) is 0 Å². The lowest BCUT2D eigenvalue weighted by Crippen LogP contribution is -2.48. The second-order valence-electron chi connectivity index (χ2n) is 9.27. The molecule has 0 saturated carbocycles. The van der Waals surface area contributed by atoms with Crippen LogP contribution in [0.2, 0.25) is 5.02 Å². The molecule has 11 heteroatoms. The highest BCUT2D eigenvalue weighted by Crippen LogP contribution is 2.37. The summed E-state index contributed by atoms with van der Waals surface area (Å²) >= 11 is 6.17. The minimum atomic E-state index is -4.15. The summed E-state index contributed by atoms with van der Waals surface area (Å²) in [6, 6.07) is 21.8. The highest BCUT2D eigenvalue weighted by Gasteiger charge is 2.42. The van der Waals surface area contributed by atoms with Crippen LogP contribution in [0.3, 0.4) is 0 Å². The van der Waals surface area contributed by atoms with Crippen molar-refractivity contribution in [3.05, 3.63) is 113 Å². The van der Waals surface area contributed by atoms with Gasteiger partial charge in [0.15, 0.2) is 0 Å². The maximum absolute atomic E-state index is 13.9. The predicted octanol–water partition coefficient (Wildman–Crippen LogP) is 5.16. The Bertz CT molecular complexity index is 1710. The minimum absolute atomic E-state index is 0.0119. The molecule has 0 saturated heterocycles. The second kappa shape index (κ2) is 11.6. The molecule has 0 unspecified atom stereocenters. The van der Waals surface area contributed by atoms with E-state index in [0.29, 0.717) is 22.6 Å². The zero-order chi connectivity index (χ0) is 29.1. The molecule has 0 fully saturated rings. The Morgan fingerprint density at radius 1 is 1.00 bits per heavy atom. The molecule has 4 aromatic carbocycles. The maximum atomic E-state index is 13.9. The summed E-state index contributed by atoms with van der Waals surface area (Å²) in [4.78, 5) is 24.2. The molecule has 0 radical (unpaired) electrons. The molecule has 0 bridgehead atoms. The summed E-state index contributed by atoms with van der Waals surface area (Å²) in [7, 11) is -4.15. The Hall–Kier alpha value is -4.41. The first-order chi connectivity index (χ1) is 19.6. The number of halogens is 2. The third kappa shape index (κ3) is 5.89. The van der Waals surface area contributed by atoms with E-state index in [0.717, 1.165) is 9.87 Å². The average Bonchev–Trinajstić information content (AvgIpc) is 3.36. The molecule has 0 aromatic heterocycles. The first-order valence-electron chi connectivity index (χ1n) is 12.6. The van der Waals surface area contributed by atoms with Crippen molar-refractivity contribution in [1.82, 2.24) is 5.32 Å². The number of hydrogen-bond acceptors (Lipinski definition) is 5. The van der Waals surface area contributed by atoms with E-state index in [9.17, 15) is 22.4 Å². The number of sulfonamides is 1. The van der Waals surface area contributed by atoms with E-state index in [1.165, 1.54) is 54.6 Å². The molecule has 1 aliphatic heterocycles. The fourth-order valence-corrected chi connectivity index (χ4v) is 6.58. The topological polar surface area (TPSA) is 113 Å². The molecule has 1 heterocycles. The summed E-state index contributed by atoms with van der Waals surface area (Å²) in [6.45, 7) is 0.200. The smallest absolute Gasteiger partial charge is 0.335 e. The Labute approximate surface area is 241 Å². The molecule has 1 atom stereocenters. The van der Waals surface area contributed by atoms with Crippen molar-refractivity contribution in [3.63, 3.8) is 0 Å². The predicted molar refractivity (Wildman–Crippen MR) is 152 cm³/mol. The zero-order valence-corrected chi connectivity index (χ0v) is 23.0. The van der Waals surface area contributed by atoms with Crippen LogP contribution < -0.4 is 14.4 Å². The lowest BCUT2D eigenvalue weighted by atomic mass is 10.1. The van der Waals surface area contributed by atoms with Crippen molar-refractivity contribution in [2.24, 2.45) is 0 Å². The zero-order valence-electron chi connectivity index (χ0n) is 21.5. The Morgan fingerprint density at radius 2 is 1.71 bits per heavy atom. The van der Waals surface area contributed by atoms with Gasteiger partial charge >= 0.3 is 5.97 Å². The Morgan fingerprint density at radius 3 is 2.39 bits per heavy atom. The van der Waals surface area contributed by atoms with Gasteiger partial charge in [0.25, 0.3) is 10.0 Å². The lowest BCUT2D eigenvalue weighted by molar-refractivity contribution is -0.122. The van der Waals surface area contributed by atoms with Crippen LogP contribution in [0.5, 0.6) is 5.75 Å². The van der Waals surface area contributed by atoms with Gasteiger partial charge in [-0.05, 0) is 71.8 Å². The van der Waals surface area contributed by atoms with Crippen LogP contribution in [0.1, 0.15) is 15.9 Å². The Kier molecular flexibility index (Phi) is 7.96. The van der Waals surface area contributed by atoms with Crippen molar-refractivity contribution >= 4 is 39.2 Å². The van der Waals surface area contributed by atoms with Gasteiger partial charge in [-0.3, -0.25) is 9.10 Å². The van der Waals surface area contributed by atoms with E-state index < -0.39 is 33.8 Å². The first kappa shape index (κ1) is 28.1. The number of carboxylic acid groups (broad SMARTS) is 1. The van der Waals surface area contributed by atoms with Crippen LogP contribution >= 0.6 is 11.6 Å². The van der Waals surface area contributed by atoms with Crippen molar-refractivity contribution in [1.29, 1.82) is 0 Å². The number of nitrogens with one attached hydrogen (secondary N) is 1. The van der Waals surface area contributed by atoms with E-state index in [1.54, 1.807) is 36.4 Å². The second-order valence-corrected chi connectivity index (χ2v) is 11.5. The quantitative estimate of drug-likeness (QED) is 0.259. The third-order valence-corrected chi connectivity index (χ3v) is 8.80. The van der Waals surface area contributed by atoms with Gasteiger partial charge in [0.1, 0.15) is 24.2 Å². The summed E-state index contributed by atoms with van der Waals surface area (Å²) < 4.78 is 47.9. The van der Waals surface area contributed by atoms with Crippen LogP contribution in [0.15, 0.2) is 95.9 Å². The summed E-state index contributed by atoms with van der Waals surface area (Å²) in [5.74, 6) is -1.57. The summed E-state index contributed by atoms with van der Waals surface area (Å²) in [5.41, 5.74) is 2.44. The highest BCUT2D eigenvalue weighted by atomic mass is 35.5. The standard InChI is InChI=1S/C30H24ClFN2O6S/c31-26-18-22(32)9-14-25(26)19-7-12-24(13-8-19)41(38,39)34-27-4-2-1-3-21(27)17-28(34)29(35)33-15-16-40-23-10-5-20(6-11-23)30(36)37/h1-14,18,28H,15-17H2,(H,33,35)(H,36,37)/t28-/m0/s1. The van der Waals surface area contributed by atoms with E-state index in [-0.39, 0.29) is 35.1 Å². The van der Waals surface area contributed by atoms with Crippen LogP contribution in [0.4, 0.5) is 10.1 Å². The number of anilines is 1. The van der Waals surface area contributed by atoms with Crippen molar-refractivity contribution < 1.29 is 32.2 Å². The van der Waals surface area contributed by atoms with Gasteiger partial charge < -0.3 is 15.2 Å². The number of benzene rings is 4. The van der Waals surface area contributed by atoms with Gasteiger partial charge in [-0.2, -0.15) is 0 Å². The fourth-order valence-electron chi connectivity index (χ4n) is 4.65. The monoisotopic (exact) mass is 594 g/mol. The lowest BCUT2D eigenvalue weighted by Gasteiger charge is -2.26. The van der Waals surface area contributed by atoms with Crippen LogP contribution in [0.25, 0.3) is 11.1 Å². The van der Waals surface area contributed by atoms with E-state index in [4.69, 9.17) is 21.4 Å². The molecule has 1 aliphatic rings. The number of rotatable bonds is 9. The number of ether oxygens (including phenoxy) is 1. The molecule has 8 nitrogen and oxygen atoms in total. The van der Waals surface area contributed by atoms with E-state index in [1.807, 2.05) is 0 Å². The number of aromatic carboxylic acids is 1. The van der Waals surface area contributed by atoms with E-state index in [2.05, 4.69) is 5.32 Å². The number of hydrogen-bond donors (Lipinski definition) is 2. The molecular weight excluding hydrogens is 571 g/mol. The minimum Gasteiger partial charge on any atom is -0.492 e. The molecule has 0 aliphatic carbocycles. The largest absolute Gasteiger partial charge is 0.492 e. The molecule has 41 heavy (non-hydrogen) atoms. The molecule has 1 amide bonds. The fraction of sp³-hybridized carbons (Fsp3) is 0.133. The number of para-hydroxylation sites is 1. The van der Waals surface area contributed by atoms with Crippen molar-refractivity contribution in [2.45, 2.75) is 17.4 Å². The van der Waals surface area contributed by atoms with Crippen LogP contribution in [-0.4, -0.2) is 44.6 Å². The number of carbonyl (C=O) groups excluding carboxylic acids is 1. The number of carbonyl (C=O) groups is 2. The molecule has 2 N–H and O–H groups in total. The third-order valence-electron chi connectivity index (χ3n) is 6.65. The Balaban J connectivity index is 1.31. The molecular formula is C30H24ClFN2O6S. The highest BCUT2D eigenvalue weighted by molar-refractivity contribution is 7.93. The van der Waals surface area contributed by atoms with Crippen LogP contribution in [-0.2, 0) is 21.2 Å². The van der Waals surface area contributed by atoms with Gasteiger partial charge in [-0.1, -0.05) is 41.9 Å². The number of fused-ring (bicyclic) bond motifs is 1. The van der Waals surface area contributed by atoms with Gasteiger partial charge in [-0.25, -0.2) is 17.6 Å². The molecule has 0 spiro atoms. The summed E-state index contributed by atoms with van der Waals surface area (Å²) in [5, 5.41) is 11.9. The van der Waals surface area contributed by atoms with Crippen LogP contribution in [0, 0.1) is 5.82 Å². The SMILES string of the molecule is O=C(O)c1ccc(OCCNC(=O)[C@@H]2Cc3ccccc3N2S(=O)(=O)c2ccc(-c3ccc(F)cc3Cl)cc2)cc1. The molecule has 4 aromatic rings. The summed E-state index contributed by atoms with van der Waals surface area (Å²) in [6.07, 6.45) is 0.196. The normalized spacial score (nSPS) is 14.4. The maximum Gasteiger partial charge on any atom is 0.335 e. The van der Waals surface area contributed by atoms with Crippen molar-refractivity contribution in [2.75, 3.05) is 17.5 Å². The number of amides is 1. The van der Waals surface area contributed by atoms with Gasteiger partial charge in [0.2, 0.25) is 5.91 Å². The van der Waals surface area contributed by atoms with Crippen molar-refractivity contribution in [3.8, 4) is 16.9 Å².